The fourth-order valence-corrected chi connectivity index (χ4v) is 6.08. The van der Waals surface area contributed by atoms with Crippen LogP contribution in [0.15, 0.2) is 72.0 Å². The van der Waals surface area contributed by atoms with Gasteiger partial charge in [-0.15, -0.1) is 11.3 Å². The summed E-state index contributed by atoms with van der Waals surface area (Å²) in [5.41, 5.74) is -1.84. The first-order chi connectivity index (χ1) is 19.9. The van der Waals surface area contributed by atoms with Crippen LogP contribution in [-0.2, 0) is 16.2 Å². The van der Waals surface area contributed by atoms with Crippen LogP contribution in [0.4, 0.5) is 38.0 Å². The first-order valence-corrected chi connectivity index (χ1v) is 14.0. The van der Waals surface area contributed by atoms with Crippen LogP contribution in [0.5, 0.6) is 0 Å². The summed E-state index contributed by atoms with van der Waals surface area (Å²) in [7, 11) is -3.37. The van der Waals surface area contributed by atoms with Gasteiger partial charge in [-0.05, 0) is 36.4 Å². The van der Waals surface area contributed by atoms with Gasteiger partial charge in [-0.2, -0.15) is 13.2 Å². The van der Waals surface area contributed by atoms with Crippen molar-refractivity contribution in [3.05, 3.63) is 90.1 Å². The van der Waals surface area contributed by atoms with Crippen LogP contribution in [0, 0.1) is 17.5 Å². The van der Waals surface area contributed by atoms with Crippen molar-refractivity contribution < 1.29 is 34.8 Å². The second kappa shape index (κ2) is 11.0. The van der Waals surface area contributed by atoms with Gasteiger partial charge in [0.25, 0.3) is 10.0 Å². The van der Waals surface area contributed by atoms with E-state index in [1.165, 1.54) is 24.4 Å². The minimum Gasteiger partial charge on any atom is -0.357 e. The van der Waals surface area contributed by atoms with Gasteiger partial charge in [-0.1, -0.05) is 12.1 Å². The smallest absolute Gasteiger partial charge is 0.357 e. The maximum atomic E-state index is 15.9. The minimum absolute atomic E-state index is 0.0162. The van der Waals surface area contributed by atoms with E-state index in [9.17, 15) is 30.4 Å². The number of hydrogen-bond acceptors (Lipinski definition) is 8. The number of sulfonamides is 1. The molecule has 0 spiro atoms. The summed E-state index contributed by atoms with van der Waals surface area (Å²) < 4.78 is 112. The molecule has 3 heterocycles. The van der Waals surface area contributed by atoms with Gasteiger partial charge < -0.3 is 5.32 Å². The molecule has 0 unspecified atom stereocenters. The Bertz CT molecular complexity index is 1890. The molecular formula is C26H16F6N6O2S2. The summed E-state index contributed by atoms with van der Waals surface area (Å²) in [5.74, 6) is -3.75. The summed E-state index contributed by atoms with van der Waals surface area (Å²) in [5, 5.41) is 2.77. The highest BCUT2D eigenvalue weighted by Crippen LogP contribution is 2.42. The number of aromatic nitrogens is 4. The maximum absolute atomic E-state index is 15.9. The zero-order chi connectivity index (χ0) is 30.2. The van der Waals surface area contributed by atoms with Gasteiger partial charge in [0.1, 0.15) is 16.6 Å². The van der Waals surface area contributed by atoms with Crippen molar-refractivity contribution in [2.45, 2.75) is 11.1 Å². The van der Waals surface area contributed by atoms with Gasteiger partial charge >= 0.3 is 6.18 Å². The third kappa shape index (κ3) is 5.62. The molecule has 0 saturated heterocycles. The number of alkyl halides is 3. The van der Waals surface area contributed by atoms with E-state index in [4.69, 9.17) is 0 Å². The Morgan fingerprint density at radius 1 is 0.929 bits per heavy atom. The molecule has 0 fully saturated rings. The van der Waals surface area contributed by atoms with E-state index in [2.05, 4.69) is 25.3 Å². The number of nitrogens with one attached hydrogen (secondary N) is 2. The van der Waals surface area contributed by atoms with Gasteiger partial charge in [-0.25, -0.2) is 36.5 Å². The fraction of sp³-hybridized carbons (Fsp3) is 0.0769. The summed E-state index contributed by atoms with van der Waals surface area (Å²) in [6.45, 7) is 0. The van der Waals surface area contributed by atoms with Crippen LogP contribution in [0.25, 0.3) is 32.4 Å². The number of hydrogen-bond donors (Lipinski definition) is 2. The van der Waals surface area contributed by atoms with Crippen LogP contribution in [0.3, 0.4) is 0 Å². The average molecular weight is 623 g/mol. The molecule has 0 aliphatic carbocycles. The van der Waals surface area contributed by atoms with Gasteiger partial charge in [0.2, 0.25) is 5.95 Å². The molecule has 2 aromatic carbocycles. The standard InChI is InChI=1S/C26H16F6N6O2S2/c1-33-25-35-9-8-19(36-25)22-21(37-24(41-22)13-10-14(12-34-11-13)26(30,31)32)15-4-2-7-18(20(15)29)38-42(39,40)23-16(27)5-3-6-17(23)28/h2-12,38H,1H3,(H,33,35,36). The Morgan fingerprint density at radius 2 is 1.64 bits per heavy atom. The second-order valence-electron chi connectivity index (χ2n) is 8.50. The normalized spacial score (nSPS) is 11.9. The zero-order valence-corrected chi connectivity index (χ0v) is 22.7. The summed E-state index contributed by atoms with van der Waals surface area (Å²) >= 11 is 0.887. The van der Waals surface area contributed by atoms with E-state index in [0.29, 0.717) is 6.20 Å². The summed E-state index contributed by atoms with van der Waals surface area (Å²) in [6.07, 6.45) is -1.48. The Hall–Kier alpha value is -4.57. The number of pyridine rings is 1. The third-order valence-electron chi connectivity index (χ3n) is 5.74. The van der Waals surface area contributed by atoms with E-state index >= 15 is 4.39 Å². The lowest BCUT2D eigenvalue weighted by Crippen LogP contribution is -2.17. The molecule has 0 radical (unpaired) electrons. The zero-order valence-electron chi connectivity index (χ0n) is 21.0. The number of thiazole rings is 1. The molecule has 2 N–H and O–H groups in total. The number of halogens is 6. The van der Waals surface area contributed by atoms with Gasteiger partial charge in [-0.3, -0.25) is 9.71 Å². The van der Waals surface area contributed by atoms with Gasteiger partial charge in [0.15, 0.2) is 10.7 Å². The number of benzene rings is 2. The van der Waals surface area contributed by atoms with Crippen molar-refractivity contribution in [1.29, 1.82) is 0 Å². The van der Waals surface area contributed by atoms with Crippen LogP contribution >= 0.6 is 11.3 Å². The molecule has 8 nitrogen and oxygen atoms in total. The molecule has 0 saturated carbocycles. The van der Waals surface area contributed by atoms with Crippen LogP contribution < -0.4 is 10.0 Å². The van der Waals surface area contributed by atoms with E-state index in [0.717, 1.165) is 47.9 Å². The van der Waals surface area contributed by atoms with Crippen LogP contribution in [-0.4, -0.2) is 35.4 Å². The molecule has 16 heteroatoms. The molecule has 5 aromatic rings. The van der Waals surface area contributed by atoms with E-state index in [-0.39, 0.29) is 38.3 Å². The minimum atomic E-state index is -4.93. The number of rotatable bonds is 7. The van der Waals surface area contributed by atoms with Crippen LogP contribution in [0.2, 0.25) is 0 Å². The summed E-state index contributed by atoms with van der Waals surface area (Å²) in [4.78, 5) is 15.3. The number of anilines is 2. The molecule has 42 heavy (non-hydrogen) atoms. The molecule has 0 bridgehead atoms. The second-order valence-corrected chi connectivity index (χ2v) is 11.1. The van der Waals surface area contributed by atoms with Crippen molar-refractivity contribution in [3.8, 4) is 32.4 Å². The fourth-order valence-electron chi connectivity index (χ4n) is 3.85. The van der Waals surface area contributed by atoms with E-state index in [1.807, 2.05) is 4.72 Å². The first kappa shape index (κ1) is 28.9. The van der Waals surface area contributed by atoms with Crippen molar-refractivity contribution >= 4 is 33.0 Å². The van der Waals surface area contributed by atoms with Crippen molar-refractivity contribution in [2.24, 2.45) is 0 Å². The van der Waals surface area contributed by atoms with Gasteiger partial charge in [0, 0.05) is 36.8 Å². The molecule has 0 atom stereocenters. The highest BCUT2D eigenvalue weighted by molar-refractivity contribution is 7.92. The quantitative estimate of drug-likeness (QED) is 0.197. The molecule has 5 rings (SSSR count). The first-order valence-electron chi connectivity index (χ1n) is 11.7. The van der Waals surface area contributed by atoms with Crippen molar-refractivity contribution in [3.63, 3.8) is 0 Å². The molecule has 0 amide bonds. The SMILES string of the molecule is CNc1nccc(-c2sc(-c3cncc(C(F)(F)F)c3)nc2-c2cccc(NS(=O)(=O)c3c(F)cccc3F)c2F)n1. The lowest BCUT2D eigenvalue weighted by molar-refractivity contribution is -0.137. The highest BCUT2D eigenvalue weighted by atomic mass is 32.2. The highest BCUT2D eigenvalue weighted by Gasteiger charge is 2.32. The largest absolute Gasteiger partial charge is 0.417 e. The van der Waals surface area contributed by atoms with Crippen LogP contribution in [0.1, 0.15) is 5.56 Å². The monoisotopic (exact) mass is 622 g/mol. The third-order valence-corrected chi connectivity index (χ3v) is 8.28. The topological polar surface area (TPSA) is 110 Å². The molecule has 3 aromatic heterocycles. The maximum Gasteiger partial charge on any atom is 0.417 e. The van der Waals surface area contributed by atoms with Crippen molar-refractivity contribution in [1.82, 2.24) is 19.9 Å². The number of nitrogens with zero attached hydrogens (tertiary/aromatic N) is 4. The Kier molecular flexibility index (Phi) is 7.59. The lowest BCUT2D eigenvalue weighted by Gasteiger charge is -2.12. The Labute approximate surface area is 238 Å². The average Bonchev–Trinajstić information content (AvgIpc) is 3.39. The Morgan fingerprint density at radius 3 is 2.33 bits per heavy atom. The van der Waals surface area contributed by atoms with E-state index < -0.39 is 49.8 Å². The molecule has 216 valence electrons. The predicted octanol–water partition coefficient (Wildman–Crippen LogP) is 6.61. The lowest BCUT2D eigenvalue weighted by atomic mass is 10.1. The molecule has 0 aliphatic heterocycles. The Balaban J connectivity index is 1.66. The predicted molar refractivity (Wildman–Crippen MR) is 143 cm³/mol. The molecule has 0 aliphatic rings. The molecular weight excluding hydrogens is 606 g/mol. The van der Waals surface area contributed by atoms with Gasteiger partial charge in [0.05, 0.1) is 27.5 Å². The van der Waals surface area contributed by atoms with E-state index in [1.54, 1.807) is 7.05 Å². The van der Waals surface area contributed by atoms with Crippen molar-refractivity contribution in [2.75, 3.05) is 17.1 Å². The summed E-state index contributed by atoms with van der Waals surface area (Å²) in [6, 6.07) is 8.29.